The second-order valence-electron chi connectivity index (χ2n) is 4.85. The van der Waals surface area contributed by atoms with Crippen molar-refractivity contribution in [3.05, 3.63) is 77.9 Å². The number of rotatable bonds is 5. The number of nitrogens with one attached hydrogen (secondary N) is 1. The zero-order chi connectivity index (χ0) is 15.1. The highest BCUT2D eigenvalue weighted by Gasteiger charge is 2.12. The lowest BCUT2D eigenvalue weighted by Gasteiger charge is -2.15. The molecule has 2 N–H and O–H groups in total. The van der Waals surface area contributed by atoms with Gasteiger partial charge in [-0.15, -0.1) is 0 Å². The molecule has 21 heavy (non-hydrogen) atoms. The SMILES string of the molecule is C/C(=C/C(=O)NC(CO)c1ccccc1)c1ccccc1. The fourth-order valence-electron chi connectivity index (χ4n) is 2.11. The molecule has 0 fully saturated rings. The number of amides is 1. The summed E-state index contributed by atoms with van der Waals surface area (Å²) in [5, 5.41) is 12.3. The molecule has 0 radical (unpaired) electrons. The minimum atomic E-state index is -0.390. The molecular formula is C18H19NO2. The summed E-state index contributed by atoms with van der Waals surface area (Å²) >= 11 is 0. The topological polar surface area (TPSA) is 49.3 Å². The summed E-state index contributed by atoms with van der Waals surface area (Å²) in [6.45, 7) is 1.76. The Morgan fingerprint density at radius 1 is 1.10 bits per heavy atom. The van der Waals surface area contributed by atoms with Gasteiger partial charge in [-0.2, -0.15) is 0 Å². The molecule has 0 bridgehead atoms. The predicted molar refractivity (Wildman–Crippen MR) is 84.5 cm³/mol. The first-order valence-electron chi connectivity index (χ1n) is 6.90. The van der Waals surface area contributed by atoms with E-state index in [9.17, 15) is 9.90 Å². The summed E-state index contributed by atoms with van der Waals surface area (Å²) in [6, 6.07) is 18.8. The first-order chi connectivity index (χ1) is 10.2. The molecule has 0 aliphatic heterocycles. The van der Waals surface area contributed by atoms with Crippen LogP contribution in [0.3, 0.4) is 0 Å². The molecule has 0 aromatic heterocycles. The molecule has 0 aliphatic rings. The second kappa shape index (κ2) is 7.41. The lowest BCUT2D eigenvalue weighted by atomic mass is 10.1. The Kier molecular flexibility index (Phi) is 5.29. The van der Waals surface area contributed by atoms with Crippen LogP contribution >= 0.6 is 0 Å². The van der Waals surface area contributed by atoms with Gasteiger partial charge in [0.15, 0.2) is 0 Å². The van der Waals surface area contributed by atoms with Gasteiger partial charge < -0.3 is 10.4 Å². The summed E-state index contributed by atoms with van der Waals surface area (Å²) < 4.78 is 0. The van der Waals surface area contributed by atoms with Gasteiger partial charge in [0.25, 0.3) is 0 Å². The van der Waals surface area contributed by atoms with E-state index >= 15 is 0 Å². The van der Waals surface area contributed by atoms with Gasteiger partial charge in [-0.25, -0.2) is 0 Å². The van der Waals surface area contributed by atoms with Crippen molar-refractivity contribution in [3.63, 3.8) is 0 Å². The van der Waals surface area contributed by atoms with Crippen LogP contribution < -0.4 is 5.32 Å². The molecule has 0 heterocycles. The summed E-state index contributed by atoms with van der Waals surface area (Å²) in [4.78, 5) is 12.1. The van der Waals surface area contributed by atoms with Gasteiger partial charge in [0.2, 0.25) is 5.91 Å². The Labute approximate surface area is 124 Å². The highest BCUT2D eigenvalue weighted by Crippen LogP contribution is 2.14. The quantitative estimate of drug-likeness (QED) is 0.828. The van der Waals surface area contributed by atoms with Crippen LogP contribution in [0, 0.1) is 0 Å². The van der Waals surface area contributed by atoms with Crippen LogP contribution in [-0.2, 0) is 4.79 Å². The lowest BCUT2D eigenvalue weighted by molar-refractivity contribution is -0.117. The Morgan fingerprint density at radius 2 is 1.67 bits per heavy atom. The van der Waals surface area contributed by atoms with E-state index in [0.717, 1.165) is 16.7 Å². The molecule has 1 atom stereocenters. The van der Waals surface area contributed by atoms with E-state index in [1.165, 1.54) is 0 Å². The van der Waals surface area contributed by atoms with Gasteiger partial charge in [-0.1, -0.05) is 60.7 Å². The third kappa shape index (κ3) is 4.29. The molecule has 1 unspecified atom stereocenters. The van der Waals surface area contributed by atoms with Gasteiger partial charge in [-0.05, 0) is 23.6 Å². The Balaban J connectivity index is 2.07. The minimum absolute atomic E-state index is 0.131. The van der Waals surface area contributed by atoms with E-state index in [1.54, 1.807) is 6.08 Å². The van der Waals surface area contributed by atoms with Crippen molar-refractivity contribution in [2.75, 3.05) is 6.61 Å². The summed E-state index contributed by atoms with van der Waals surface area (Å²) in [7, 11) is 0. The van der Waals surface area contributed by atoms with E-state index in [-0.39, 0.29) is 12.5 Å². The minimum Gasteiger partial charge on any atom is -0.394 e. The molecule has 2 rings (SSSR count). The molecule has 3 nitrogen and oxygen atoms in total. The van der Waals surface area contributed by atoms with Crippen LogP contribution in [0.1, 0.15) is 24.1 Å². The summed E-state index contributed by atoms with van der Waals surface area (Å²) in [5.74, 6) is -0.209. The molecule has 0 saturated carbocycles. The third-order valence-corrected chi connectivity index (χ3v) is 3.28. The monoisotopic (exact) mass is 281 g/mol. The van der Waals surface area contributed by atoms with Gasteiger partial charge >= 0.3 is 0 Å². The molecule has 2 aromatic carbocycles. The number of hydrogen-bond donors (Lipinski definition) is 2. The largest absolute Gasteiger partial charge is 0.394 e. The van der Waals surface area contributed by atoms with Crippen molar-refractivity contribution in [2.45, 2.75) is 13.0 Å². The summed E-state index contributed by atoms with van der Waals surface area (Å²) in [5.41, 5.74) is 2.78. The number of benzene rings is 2. The number of aliphatic hydroxyl groups is 1. The molecule has 0 spiro atoms. The molecule has 0 aliphatic carbocycles. The zero-order valence-electron chi connectivity index (χ0n) is 12.0. The maximum Gasteiger partial charge on any atom is 0.244 e. The van der Waals surface area contributed by atoms with E-state index in [0.29, 0.717) is 0 Å². The molecule has 2 aromatic rings. The first-order valence-corrected chi connectivity index (χ1v) is 6.90. The maximum atomic E-state index is 12.1. The number of carbonyl (C=O) groups is 1. The molecule has 3 heteroatoms. The van der Waals surface area contributed by atoms with Crippen molar-refractivity contribution >= 4 is 11.5 Å². The Morgan fingerprint density at radius 3 is 2.24 bits per heavy atom. The molecule has 1 amide bonds. The van der Waals surface area contributed by atoms with Crippen molar-refractivity contribution in [1.82, 2.24) is 5.32 Å². The fourth-order valence-corrected chi connectivity index (χ4v) is 2.11. The fraction of sp³-hybridized carbons (Fsp3) is 0.167. The van der Waals surface area contributed by atoms with Crippen LogP contribution in [-0.4, -0.2) is 17.6 Å². The van der Waals surface area contributed by atoms with E-state index < -0.39 is 6.04 Å². The standard InChI is InChI=1S/C18H19NO2/c1-14(15-8-4-2-5-9-15)12-18(21)19-17(13-20)16-10-6-3-7-11-16/h2-12,17,20H,13H2,1H3,(H,19,21)/b14-12-. The molecule has 108 valence electrons. The van der Waals surface area contributed by atoms with Crippen LogP contribution in [0.25, 0.3) is 5.57 Å². The second-order valence-corrected chi connectivity index (χ2v) is 4.85. The van der Waals surface area contributed by atoms with Gasteiger partial charge in [0.05, 0.1) is 12.6 Å². The number of aliphatic hydroxyl groups excluding tert-OH is 1. The lowest BCUT2D eigenvalue weighted by Crippen LogP contribution is -2.29. The van der Waals surface area contributed by atoms with E-state index in [1.807, 2.05) is 67.6 Å². The van der Waals surface area contributed by atoms with Crippen LogP contribution in [0.5, 0.6) is 0 Å². The first kappa shape index (κ1) is 15.0. The number of carbonyl (C=O) groups excluding carboxylic acids is 1. The van der Waals surface area contributed by atoms with Crippen LogP contribution in [0.4, 0.5) is 0 Å². The predicted octanol–water partition coefficient (Wildman–Crippen LogP) is 2.94. The average molecular weight is 281 g/mol. The van der Waals surface area contributed by atoms with E-state index in [4.69, 9.17) is 0 Å². The van der Waals surface area contributed by atoms with Gasteiger partial charge in [-0.3, -0.25) is 4.79 Å². The Bertz CT molecular complexity index is 606. The maximum absolute atomic E-state index is 12.1. The van der Waals surface area contributed by atoms with Crippen molar-refractivity contribution in [2.24, 2.45) is 0 Å². The van der Waals surface area contributed by atoms with Crippen LogP contribution in [0.15, 0.2) is 66.7 Å². The third-order valence-electron chi connectivity index (χ3n) is 3.28. The molecular weight excluding hydrogens is 262 g/mol. The van der Waals surface area contributed by atoms with Crippen molar-refractivity contribution in [1.29, 1.82) is 0 Å². The summed E-state index contributed by atoms with van der Waals surface area (Å²) in [6.07, 6.45) is 1.56. The highest BCUT2D eigenvalue weighted by molar-refractivity contribution is 5.95. The Hall–Kier alpha value is -2.39. The van der Waals surface area contributed by atoms with E-state index in [2.05, 4.69) is 5.32 Å². The van der Waals surface area contributed by atoms with Crippen molar-refractivity contribution < 1.29 is 9.90 Å². The van der Waals surface area contributed by atoms with Gasteiger partial charge in [0.1, 0.15) is 0 Å². The average Bonchev–Trinajstić information content (AvgIpc) is 2.54. The van der Waals surface area contributed by atoms with Crippen molar-refractivity contribution in [3.8, 4) is 0 Å². The normalized spacial score (nSPS) is 12.8. The number of allylic oxidation sites excluding steroid dienone is 1. The van der Waals surface area contributed by atoms with Crippen LogP contribution in [0.2, 0.25) is 0 Å². The highest BCUT2D eigenvalue weighted by atomic mass is 16.3. The molecule has 0 saturated heterocycles. The van der Waals surface area contributed by atoms with Gasteiger partial charge in [0, 0.05) is 6.08 Å². The smallest absolute Gasteiger partial charge is 0.244 e. The zero-order valence-corrected chi connectivity index (χ0v) is 12.0. The number of hydrogen-bond acceptors (Lipinski definition) is 2.